The second-order valence-electron chi connectivity index (χ2n) is 5.77. The molecule has 0 bridgehead atoms. The molecule has 0 atom stereocenters. The summed E-state index contributed by atoms with van der Waals surface area (Å²) in [6.07, 6.45) is 2.96. The van der Waals surface area contributed by atoms with Crippen LogP contribution in [0.4, 0.5) is 0 Å². The van der Waals surface area contributed by atoms with Crippen molar-refractivity contribution in [2.45, 2.75) is 32.3 Å². The molecular formula is C16H25NO2. The van der Waals surface area contributed by atoms with Gasteiger partial charge in [0.05, 0.1) is 12.7 Å². The molecule has 1 fully saturated rings. The Kier molecular flexibility index (Phi) is 5.23. The van der Waals surface area contributed by atoms with Gasteiger partial charge in [0.1, 0.15) is 5.75 Å². The summed E-state index contributed by atoms with van der Waals surface area (Å²) in [6, 6.07) is 8.18. The fraction of sp³-hybridized carbons (Fsp3) is 0.625. The molecule has 19 heavy (non-hydrogen) atoms. The van der Waals surface area contributed by atoms with E-state index in [4.69, 9.17) is 4.74 Å². The molecule has 1 saturated carbocycles. The molecule has 0 saturated heterocycles. The first-order valence-corrected chi connectivity index (χ1v) is 7.19. The second kappa shape index (κ2) is 6.92. The van der Waals surface area contributed by atoms with Crippen molar-refractivity contribution in [2.75, 3.05) is 26.7 Å². The first kappa shape index (κ1) is 14.4. The SMILES string of the molecule is Cc1cccc(OCCCN(C)CC2CC(O)C2)c1. The highest BCUT2D eigenvalue weighted by Crippen LogP contribution is 2.27. The van der Waals surface area contributed by atoms with Gasteiger partial charge in [-0.3, -0.25) is 0 Å². The zero-order valence-electron chi connectivity index (χ0n) is 12.0. The highest BCUT2D eigenvalue weighted by atomic mass is 16.5. The minimum atomic E-state index is -0.0388. The number of aliphatic hydroxyl groups excluding tert-OH is 1. The lowest BCUT2D eigenvalue weighted by Crippen LogP contribution is -2.37. The Balaban J connectivity index is 1.56. The topological polar surface area (TPSA) is 32.7 Å². The average molecular weight is 263 g/mol. The molecule has 3 heteroatoms. The van der Waals surface area contributed by atoms with Crippen molar-refractivity contribution in [1.82, 2.24) is 4.90 Å². The van der Waals surface area contributed by atoms with Crippen molar-refractivity contribution in [3.63, 3.8) is 0 Å². The number of hydrogen-bond donors (Lipinski definition) is 1. The zero-order chi connectivity index (χ0) is 13.7. The van der Waals surface area contributed by atoms with E-state index < -0.39 is 0 Å². The molecule has 1 N–H and O–H groups in total. The average Bonchev–Trinajstić information content (AvgIpc) is 2.33. The maximum Gasteiger partial charge on any atom is 0.119 e. The fourth-order valence-corrected chi connectivity index (χ4v) is 2.61. The number of hydrogen-bond acceptors (Lipinski definition) is 3. The molecule has 3 nitrogen and oxygen atoms in total. The lowest BCUT2D eigenvalue weighted by Gasteiger charge is -2.34. The Labute approximate surface area is 116 Å². The molecule has 0 aliphatic heterocycles. The summed E-state index contributed by atoms with van der Waals surface area (Å²) >= 11 is 0. The van der Waals surface area contributed by atoms with Crippen molar-refractivity contribution < 1.29 is 9.84 Å². The summed E-state index contributed by atoms with van der Waals surface area (Å²) in [5.74, 6) is 1.66. The van der Waals surface area contributed by atoms with Crippen LogP contribution in [0.15, 0.2) is 24.3 Å². The molecular weight excluding hydrogens is 238 g/mol. The van der Waals surface area contributed by atoms with Crippen LogP contribution in [0.1, 0.15) is 24.8 Å². The molecule has 1 aliphatic rings. The lowest BCUT2D eigenvalue weighted by molar-refractivity contribution is 0.0278. The van der Waals surface area contributed by atoms with Crippen LogP contribution in [0, 0.1) is 12.8 Å². The zero-order valence-corrected chi connectivity index (χ0v) is 12.0. The maximum atomic E-state index is 9.26. The molecule has 2 rings (SSSR count). The van der Waals surface area contributed by atoms with Crippen molar-refractivity contribution in [3.8, 4) is 5.75 Å². The Morgan fingerprint density at radius 1 is 1.37 bits per heavy atom. The highest BCUT2D eigenvalue weighted by molar-refractivity contribution is 5.27. The van der Waals surface area contributed by atoms with E-state index in [1.807, 2.05) is 12.1 Å². The first-order valence-electron chi connectivity index (χ1n) is 7.19. The molecule has 1 aromatic rings. The van der Waals surface area contributed by atoms with Gasteiger partial charge in [0.2, 0.25) is 0 Å². The third kappa shape index (κ3) is 4.84. The number of aryl methyl sites for hydroxylation is 1. The third-order valence-electron chi connectivity index (χ3n) is 3.72. The summed E-state index contributed by atoms with van der Waals surface area (Å²) in [6.45, 7) is 4.99. The third-order valence-corrected chi connectivity index (χ3v) is 3.72. The van der Waals surface area contributed by atoms with Gasteiger partial charge in [-0.1, -0.05) is 12.1 Å². The van der Waals surface area contributed by atoms with E-state index in [9.17, 15) is 5.11 Å². The Morgan fingerprint density at radius 2 is 2.16 bits per heavy atom. The number of rotatable bonds is 7. The molecule has 0 aromatic heterocycles. The van der Waals surface area contributed by atoms with Crippen LogP contribution in [0.25, 0.3) is 0 Å². The predicted octanol–water partition coefficient (Wildman–Crippen LogP) is 2.47. The monoisotopic (exact) mass is 263 g/mol. The Hall–Kier alpha value is -1.06. The van der Waals surface area contributed by atoms with Crippen LogP contribution in [-0.4, -0.2) is 42.9 Å². The van der Waals surface area contributed by atoms with E-state index in [-0.39, 0.29) is 6.10 Å². The quantitative estimate of drug-likeness (QED) is 0.767. The highest BCUT2D eigenvalue weighted by Gasteiger charge is 2.27. The minimum Gasteiger partial charge on any atom is -0.494 e. The fourth-order valence-electron chi connectivity index (χ4n) is 2.61. The van der Waals surface area contributed by atoms with Crippen LogP contribution in [0.5, 0.6) is 5.75 Å². The van der Waals surface area contributed by atoms with Crippen LogP contribution < -0.4 is 4.74 Å². The number of nitrogens with zero attached hydrogens (tertiary/aromatic N) is 1. The van der Waals surface area contributed by atoms with Gasteiger partial charge in [-0.25, -0.2) is 0 Å². The molecule has 1 aliphatic carbocycles. The largest absolute Gasteiger partial charge is 0.494 e. The summed E-state index contributed by atoms with van der Waals surface area (Å²) in [5, 5.41) is 9.26. The lowest BCUT2D eigenvalue weighted by atomic mass is 9.82. The van der Waals surface area contributed by atoms with E-state index in [0.717, 1.165) is 44.7 Å². The summed E-state index contributed by atoms with van der Waals surface area (Å²) < 4.78 is 5.73. The standard InChI is InChI=1S/C16H25NO2/c1-13-5-3-6-16(9-13)19-8-4-7-17(2)12-14-10-15(18)11-14/h3,5-6,9,14-15,18H,4,7-8,10-12H2,1-2H3. The van der Waals surface area contributed by atoms with E-state index in [1.54, 1.807) is 0 Å². The van der Waals surface area contributed by atoms with Crippen LogP contribution in [-0.2, 0) is 0 Å². The van der Waals surface area contributed by atoms with Gasteiger partial charge in [0, 0.05) is 13.1 Å². The minimum absolute atomic E-state index is 0.0388. The number of ether oxygens (including phenoxy) is 1. The van der Waals surface area contributed by atoms with Crippen LogP contribution >= 0.6 is 0 Å². The maximum absolute atomic E-state index is 9.26. The van der Waals surface area contributed by atoms with Crippen molar-refractivity contribution in [3.05, 3.63) is 29.8 Å². The summed E-state index contributed by atoms with van der Waals surface area (Å²) in [7, 11) is 2.15. The van der Waals surface area contributed by atoms with Gasteiger partial charge in [-0.15, -0.1) is 0 Å². The van der Waals surface area contributed by atoms with Gasteiger partial charge >= 0.3 is 0 Å². The van der Waals surface area contributed by atoms with E-state index in [2.05, 4.69) is 31.0 Å². The van der Waals surface area contributed by atoms with E-state index in [1.165, 1.54) is 5.56 Å². The molecule has 0 unspecified atom stereocenters. The second-order valence-corrected chi connectivity index (χ2v) is 5.77. The van der Waals surface area contributed by atoms with Gasteiger partial charge < -0.3 is 14.7 Å². The smallest absolute Gasteiger partial charge is 0.119 e. The van der Waals surface area contributed by atoms with Crippen molar-refractivity contribution >= 4 is 0 Å². The molecule has 106 valence electrons. The number of benzene rings is 1. The number of aliphatic hydroxyl groups is 1. The molecule has 0 radical (unpaired) electrons. The Morgan fingerprint density at radius 3 is 2.84 bits per heavy atom. The van der Waals surface area contributed by atoms with Crippen LogP contribution in [0.2, 0.25) is 0 Å². The van der Waals surface area contributed by atoms with Crippen molar-refractivity contribution in [1.29, 1.82) is 0 Å². The van der Waals surface area contributed by atoms with Gasteiger partial charge in [-0.05, 0) is 56.8 Å². The van der Waals surface area contributed by atoms with Crippen molar-refractivity contribution in [2.24, 2.45) is 5.92 Å². The summed E-state index contributed by atoms with van der Waals surface area (Å²) in [5.41, 5.74) is 1.23. The van der Waals surface area contributed by atoms with Gasteiger partial charge in [0.25, 0.3) is 0 Å². The first-order chi connectivity index (χ1) is 9.13. The van der Waals surface area contributed by atoms with E-state index >= 15 is 0 Å². The summed E-state index contributed by atoms with van der Waals surface area (Å²) in [4.78, 5) is 2.34. The predicted molar refractivity (Wildman–Crippen MR) is 77.5 cm³/mol. The van der Waals surface area contributed by atoms with Gasteiger partial charge in [0.15, 0.2) is 0 Å². The molecule has 1 aromatic carbocycles. The molecule has 0 spiro atoms. The normalized spacial score (nSPS) is 22.3. The van der Waals surface area contributed by atoms with Crippen LogP contribution in [0.3, 0.4) is 0 Å². The Bertz CT molecular complexity index is 388. The van der Waals surface area contributed by atoms with Gasteiger partial charge in [-0.2, -0.15) is 0 Å². The molecule has 0 amide bonds. The van der Waals surface area contributed by atoms with E-state index in [0.29, 0.717) is 5.92 Å². The molecule has 0 heterocycles.